The Morgan fingerprint density at radius 3 is 2.39 bits per heavy atom. The summed E-state index contributed by atoms with van der Waals surface area (Å²) in [6.45, 7) is 1.82. The average molecular weight is 336 g/mol. The summed E-state index contributed by atoms with van der Waals surface area (Å²) in [5, 5.41) is 23.9. The summed E-state index contributed by atoms with van der Waals surface area (Å²) in [7, 11) is 0. The summed E-state index contributed by atoms with van der Waals surface area (Å²) in [6.07, 6.45) is 0. The number of non-ortho nitro benzene ring substituents is 1. The van der Waals surface area contributed by atoms with Gasteiger partial charge >= 0.3 is 0 Å². The molecule has 0 aliphatic heterocycles. The first-order valence-electron chi connectivity index (χ1n) is 6.30. The predicted molar refractivity (Wildman–Crippen MR) is 83.9 cm³/mol. The first-order valence-corrected chi connectivity index (χ1v) is 6.67. The van der Waals surface area contributed by atoms with Crippen molar-refractivity contribution in [1.82, 2.24) is 0 Å². The minimum Gasteiger partial charge on any atom is -0.322 e. The molecule has 0 saturated carbocycles. The molecule has 23 heavy (non-hydrogen) atoms. The molecule has 0 saturated heterocycles. The number of carbonyl (C=O) groups is 1. The lowest BCUT2D eigenvalue weighted by Gasteiger charge is -2.08. The largest absolute Gasteiger partial charge is 0.322 e. The molecule has 0 aliphatic rings. The average Bonchev–Trinajstić information content (AvgIpc) is 2.46. The van der Waals surface area contributed by atoms with Crippen molar-refractivity contribution in [1.29, 1.82) is 0 Å². The fourth-order valence-electron chi connectivity index (χ4n) is 1.92. The summed E-state index contributed by atoms with van der Waals surface area (Å²) < 4.78 is 0. The molecule has 0 unspecified atom stereocenters. The van der Waals surface area contributed by atoms with Crippen molar-refractivity contribution in [3.8, 4) is 0 Å². The van der Waals surface area contributed by atoms with Gasteiger partial charge in [-0.1, -0.05) is 23.7 Å². The lowest BCUT2D eigenvalue weighted by molar-refractivity contribution is -0.394. The number of aryl methyl sites for hydroxylation is 1. The zero-order chi connectivity index (χ0) is 17.1. The Bertz CT molecular complexity index is 822. The maximum absolute atomic E-state index is 12.3. The van der Waals surface area contributed by atoms with Gasteiger partial charge in [0.15, 0.2) is 0 Å². The third kappa shape index (κ3) is 3.61. The molecule has 2 aromatic carbocycles. The molecule has 1 N–H and O–H groups in total. The molecule has 1 amide bonds. The number of amides is 1. The van der Waals surface area contributed by atoms with Crippen LogP contribution in [0.2, 0.25) is 5.02 Å². The number of carbonyl (C=O) groups excluding carboxylic acids is 1. The Labute approximate surface area is 135 Å². The Kier molecular flexibility index (Phi) is 4.56. The molecule has 0 aliphatic carbocycles. The highest BCUT2D eigenvalue weighted by atomic mass is 35.5. The molecular formula is C14H10ClN3O5. The molecule has 0 aromatic heterocycles. The van der Waals surface area contributed by atoms with Crippen LogP contribution in [-0.2, 0) is 0 Å². The first-order chi connectivity index (χ1) is 10.8. The molecule has 0 heterocycles. The normalized spacial score (nSPS) is 10.2. The van der Waals surface area contributed by atoms with Gasteiger partial charge < -0.3 is 5.32 Å². The zero-order valence-corrected chi connectivity index (χ0v) is 12.5. The molecule has 0 bridgehead atoms. The number of benzene rings is 2. The minimum atomic E-state index is -0.876. The summed E-state index contributed by atoms with van der Waals surface area (Å²) in [4.78, 5) is 32.4. The van der Waals surface area contributed by atoms with Crippen molar-refractivity contribution in [3.63, 3.8) is 0 Å². The van der Waals surface area contributed by atoms with Crippen molar-refractivity contribution < 1.29 is 14.6 Å². The number of hydrogen-bond donors (Lipinski definition) is 1. The van der Waals surface area contributed by atoms with Crippen molar-refractivity contribution in [2.24, 2.45) is 0 Å². The summed E-state index contributed by atoms with van der Waals surface area (Å²) in [5.41, 5.74) is -0.293. The number of nitro groups is 2. The number of nitrogens with zero attached hydrogens (tertiary/aromatic N) is 2. The highest BCUT2D eigenvalue weighted by Gasteiger charge is 2.26. The Morgan fingerprint density at radius 2 is 1.83 bits per heavy atom. The number of halogens is 1. The molecule has 8 nitrogen and oxygen atoms in total. The van der Waals surface area contributed by atoms with Crippen LogP contribution in [-0.4, -0.2) is 15.8 Å². The van der Waals surface area contributed by atoms with E-state index in [0.717, 1.165) is 11.6 Å². The smallest absolute Gasteiger partial charge is 0.295 e. The maximum atomic E-state index is 12.3. The summed E-state index contributed by atoms with van der Waals surface area (Å²) in [6, 6.07) is 8.44. The monoisotopic (exact) mass is 335 g/mol. The predicted octanol–water partition coefficient (Wildman–Crippen LogP) is 3.72. The standard InChI is InChI=1S/C14H10ClN3O5/c1-8-3-2-4-9(5-8)16-14(19)11-6-10(17(20)21)7-12(13(11)15)18(22)23/h2-7H,1H3,(H,16,19). The van der Waals surface area contributed by atoms with Crippen LogP contribution in [0, 0.1) is 27.2 Å². The van der Waals surface area contributed by atoms with Gasteiger partial charge in [-0.05, 0) is 24.6 Å². The zero-order valence-electron chi connectivity index (χ0n) is 11.8. The Balaban J connectivity index is 2.46. The second kappa shape index (κ2) is 6.41. The van der Waals surface area contributed by atoms with E-state index >= 15 is 0 Å². The van der Waals surface area contributed by atoms with E-state index in [1.807, 2.05) is 13.0 Å². The van der Waals surface area contributed by atoms with E-state index < -0.39 is 32.2 Å². The van der Waals surface area contributed by atoms with Gasteiger partial charge in [-0.25, -0.2) is 0 Å². The lowest BCUT2D eigenvalue weighted by atomic mass is 10.1. The molecule has 0 fully saturated rings. The van der Waals surface area contributed by atoms with Gasteiger partial charge in [0.05, 0.1) is 21.5 Å². The highest BCUT2D eigenvalue weighted by Crippen LogP contribution is 2.33. The van der Waals surface area contributed by atoms with Crippen LogP contribution in [0.3, 0.4) is 0 Å². The van der Waals surface area contributed by atoms with E-state index in [-0.39, 0.29) is 5.56 Å². The van der Waals surface area contributed by atoms with E-state index in [1.165, 1.54) is 0 Å². The van der Waals surface area contributed by atoms with E-state index in [4.69, 9.17) is 11.6 Å². The second-order valence-electron chi connectivity index (χ2n) is 4.66. The van der Waals surface area contributed by atoms with Crippen LogP contribution in [0.5, 0.6) is 0 Å². The van der Waals surface area contributed by atoms with Gasteiger partial charge in [0.2, 0.25) is 0 Å². The third-order valence-electron chi connectivity index (χ3n) is 2.97. The molecule has 0 atom stereocenters. The van der Waals surface area contributed by atoms with Crippen molar-refractivity contribution in [2.75, 3.05) is 5.32 Å². The van der Waals surface area contributed by atoms with Gasteiger partial charge in [0.1, 0.15) is 5.02 Å². The number of anilines is 1. The van der Waals surface area contributed by atoms with E-state index in [0.29, 0.717) is 11.8 Å². The van der Waals surface area contributed by atoms with Gasteiger partial charge in [0, 0.05) is 11.8 Å². The fraction of sp³-hybridized carbons (Fsp3) is 0.0714. The van der Waals surface area contributed by atoms with Crippen LogP contribution >= 0.6 is 11.6 Å². The van der Waals surface area contributed by atoms with Crippen molar-refractivity contribution in [2.45, 2.75) is 6.92 Å². The van der Waals surface area contributed by atoms with Crippen LogP contribution < -0.4 is 5.32 Å². The Morgan fingerprint density at radius 1 is 1.13 bits per heavy atom. The number of nitro benzene ring substituents is 2. The van der Waals surface area contributed by atoms with Gasteiger partial charge in [0.25, 0.3) is 17.3 Å². The van der Waals surface area contributed by atoms with Crippen LogP contribution in [0.25, 0.3) is 0 Å². The Hall–Kier alpha value is -3.00. The van der Waals surface area contributed by atoms with Gasteiger partial charge in [-0.2, -0.15) is 0 Å². The molecule has 2 aromatic rings. The van der Waals surface area contributed by atoms with Crippen molar-refractivity contribution in [3.05, 3.63) is 72.8 Å². The maximum Gasteiger partial charge on any atom is 0.295 e. The van der Waals surface area contributed by atoms with Gasteiger partial charge in [-0.15, -0.1) is 0 Å². The lowest BCUT2D eigenvalue weighted by Crippen LogP contribution is -2.13. The van der Waals surface area contributed by atoms with Crippen LogP contribution in [0.4, 0.5) is 17.1 Å². The van der Waals surface area contributed by atoms with Gasteiger partial charge in [-0.3, -0.25) is 25.0 Å². The minimum absolute atomic E-state index is 0.339. The summed E-state index contributed by atoms with van der Waals surface area (Å²) in [5.74, 6) is -0.771. The molecule has 2 rings (SSSR count). The fourth-order valence-corrected chi connectivity index (χ4v) is 2.18. The highest BCUT2D eigenvalue weighted by molar-refractivity contribution is 6.36. The summed E-state index contributed by atoms with van der Waals surface area (Å²) >= 11 is 5.85. The van der Waals surface area contributed by atoms with E-state index in [1.54, 1.807) is 18.2 Å². The molecule has 118 valence electrons. The number of rotatable bonds is 4. The van der Waals surface area contributed by atoms with E-state index in [9.17, 15) is 25.0 Å². The SMILES string of the molecule is Cc1cccc(NC(=O)c2cc([N+](=O)[O-])cc([N+](=O)[O-])c2Cl)c1. The quantitative estimate of drug-likeness (QED) is 0.675. The molecule has 0 spiro atoms. The van der Waals surface area contributed by atoms with Crippen LogP contribution in [0.1, 0.15) is 15.9 Å². The number of hydrogen-bond acceptors (Lipinski definition) is 5. The van der Waals surface area contributed by atoms with E-state index in [2.05, 4.69) is 5.32 Å². The second-order valence-corrected chi connectivity index (χ2v) is 5.04. The topological polar surface area (TPSA) is 115 Å². The number of nitrogens with one attached hydrogen (secondary N) is 1. The first kappa shape index (κ1) is 16.4. The molecular weight excluding hydrogens is 326 g/mol. The molecule has 0 radical (unpaired) electrons. The third-order valence-corrected chi connectivity index (χ3v) is 3.36. The van der Waals surface area contributed by atoms with Crippen molar-refractivity contribution >= 4 is 34.6 Å². The molecule has 9 heteroatoms. The van der Waals surface area contributed by atoms with Crippen LogP contribution in [0.15, 0.2) is 36.4 Å².